The van der Waals surface area contributed by atoms with Crippen LogP contribution in [0.15, 0.2) is 77.7 Å². The van der Waals surface area contributed by atoms with E-state index in [4.69, 9.17) is 0 Å². The van der Waals surface area contributed by atoms with Crippen molar-refractivity contribution in [1.29, 1.82) is 0 Å². The van der Waals surface area contributed by atoms with Crippen LogP contribution in [0.4, 0.5) is 0 Å². The number of nitrogens with zero attached hydrogens (tertiary/aromatic N) is 2. The number of benzene rings is 3. The third-order valence-corrected chi connectivity index (χ3v) is 8.71. The molecule has 0 radical (unpaired) electrons. The first-order valence-electron chi connectivity index (χ1n) is 12.7. The third-order valence-electron chi connectivity index (χ3n) is 7.45. The number of carbonyl (C=O) groups excluding carboxylic acids is 2. The predicted molar refractivity (Wildman–Crippen MR) is 151 cm³/mol. The number of fused-ring (bicyclic) bond motifs is 2. The van der Waals surface area contributed by atoms with Crippen molar-refractivity contribution in [3.8, 4) is 0 Å². The molecule has 0 spiro atoms. The van der Waals surface area contributed by atoms with Gasteiger partial charge in [0.2, 0.25) is 0 Å². The molecule has 0 saturated carbocycles. The summed E-state index contributed by atoms with van der Waals surface area (Å²) in [6, 6.07) is 21.3. The van der Waals surface area contributed by atoms with Gasteiger partial charge in [-0.3, -0.25) is 15.0 Å². The van der Waals surface area contributed by atoms with Crippen molar-refractivity contribution in [2.24, 2.45) is 7.05 Å². The first-order valence-corrected chi connectivity index (χ1v) is 14.2. The SMILES string of the molecule is Cc1c(C2c3ccccc3C(=O)N2CC(=O)NNS(=O)(=O)c2ccc(C(C)(C)C)cc2)c2ccccc2n1C. The second-order valence-corrected chi connectivity index (χ2v) is 12.6. The molecule has 2 amide bonds. The van der Waals surface area contributed by atoms with Gasteiger partial charge in [0.15, 0.2) is 0 Å². The molecule has 202 valence electrons. The molecule has 1 aliphatic heterocycles. The number of aryl methyl sites for hydroxylation is 1. The minimum absolute atomic E-state index is 0.0321. The summed E-state index contributed by atoms with van der Waals surface area (Å²) < 4.78 is 27.8. The molecule has 1 atom stereocenters. The standard InChI is InChI=1S/C30H32N4O4S/c1-19-27(24-12-8-9-13-25(24)33(19)5)28-22-10-6-7-11-23(22)29(36)34(28)18-26(35)31-32-39(37,38)21-16-14-20(15-17-21)30(2,3)4/h6-17,28,32H,18H2,1-5H3,(H,31,35). The first kappa shape index (κ1) is 26.6. The Morgan fingerprint density at radius 2 is 1.59 bits per heavy atom. The second-order valence-electron chi connectivity index (χ2n) is 10.9. The molecule has 39 heavy (non-hydrogen) atoms. The summed E-state index contributed by atoms with van der Waals surface area (Å²) in [4.78, 5) is 30.3. The highest BCUT2D eigenvalue weighted by molar-refractivity contribution is 7.89. The molecule has 1 aromatic heterocycles. The Balaban J connectivity index is 1.41. The average Bonchev–Trinajstić information content (AvgIpc) is 3.32. The Hall–Kier alpha value is -3.95. The number of sulfonamides is 1. The van der Waals surface area contributed by atoms with Gasteiger partial charge in [0.05, 0.1) is 10.9 Å². The molecular weight excluding hydrogens is 512 g/mol. The van der Waals surface area contributed by atoms with E-state index in [0.717, 1.165) is 33.3 Å². The number of hydrazine groups is 1. The van der Waals surface area contributed by atoms with Crippen molar-refractivity contribution >= 4 is 32.7 Å². The maximum absolute atomic E-state index is 13.5. The van der Waals surface area contributed by atoms with E-state index in [1.807, 2.05) is 71.1 Å². The lowest BCUT2D eigenvalue weighted by Gasteiger charge is -2.26. The Labute approximate surface area is 228 Å². The van der Waals surface area contributed by atoms with Gasteiger partial charge < -0.3 is 9.47 Å². The number of rotatable bonds is 6. The lowest BCUT2D eigenvalue weighted by atomic mass is 9.87. The third kappa shape index (κ3) is 4.72. The van der Waals surface area contributed by atoms with Gasteiger partial charge in [-0.05, 0) is 47.7 Å². The van der Waals surface area contributed by atoms with Crippen LogP contribution < -0.4 is 10.3 Å². The quantitative estimate of drug-likeness (QED) is 0.353. The minimum Gasteiger partial charge on any atom is -0.348 e. The molecule has 8 nitrogen and oxygen atoms in total. The van der Waals surface area contributed by atoms with Crippen molar-refractivity contribution in [2.45, 2.75) is 44.0 Å². The highest BCUT2D eigenvalue weighted by atomic mass is 32.2. The van der Waals surface area contributed by atoms with Gasteiger partial charge in [-0.25, -0.2) is 8.42 Å². The Morgan fingerprint density at radius 3 is 2.28 bits per heavy atom. The summed E-state index contributed by atoms with van der Waals surface area (Å²) in [6.07, 6.45) is 0. The van der Waals surface area contributed by atoms with Crippen LogP contribution in [0, 0.1) is 6.92 Å². The monoisotopic (exact) mass is 544 g/mol. The van der Waals surface area contributed by atoms with Crippen LogP contribution >= 0.6 is 0 Å². The van der Waals surface area contributed by atoms with Crippen LogP contribution in [0.2, 0.25) is 0 Å². The first-order chi connectivity index (χ1) is 18.4. The van der Waals surface area contributed by atoms with Crippen LogP contribution in [0.5, 0.6) is 0 Å². The molecule has 3 aromatic carbocycles. The molecular formula is C30H32N4O4S. The van der Waals surface area contributed by atoms with E-state index in [1.165, 1.54) is 17.0 Å². The molecule has 2 N–H and O–H groups in total. The molecule has 0 fully saturated rings. The van der Waals surface area contributed by atoms with E-state index < -0.39 is 22.0 Å². The van der Waals surface area contributed by atoms with E-state index in [9.17, 15) is 18.0 Å². The molecule has 5 rings (SSSR count). The van der Waals surface area contributed by atoms with Crippen LogP contribution in [-0.4, -0.2) is 36.2 Å². The summed E-state index contributed by atoms with van der Waals surface area (Å²) in [5.74, 6) is -0.923. The number of carbonyl (C=O) groups is 2. The van der Waals surface area contributed by atoms with Gasteiger partial charge in [-0.2, -0.15) is 0 Å². The fraction of sp³-hybridized carbons (Fsp3) is 0.267. The number of aromatic nitrogens is 1. The van der Waals surface area contributed by atoms with E-state index in [-0.39, 0.29) is 22.8 Å². The van der Waals surface area contributed by atoms with Crippen molar-refractivity contribution in [3.63, 3.8) is 0 Å². The van der Waals surface area contributed by atoms with Crippen molar-refractivity contribution < 1.29 is 18.0 Å². The number of nitrogens with one attached hydrogen (secondary N) is 2. The largest absolute Gasteiger partial charge is 0.348 e. The summed E-state index contributed by atoms with van der Waals surface area (Å²) in [7, 11) is -2.03. The highest BCUT2D eigenvalue weighted by Gasteiger charge is 2.40. The summed E-state index contributed by atoms with van der Waals surface area (Å²) in [5.41, 5.74) is 7.46. The van der Waals surface area contributed by atoms with E-state index in [1.54, 1.807) is 24.3 Å². The maximum atomic E-state index is 13.5. The van der Waals surface area contributed by atoms with Crippen molar-refractivity contribution in [3.05, 3.63) is 101 Å². The molecule has 4 aromatic rings. The molecule has 1 aliphatic rings. The lowest BCUT2D eigenvalue weighted by Crippen LogP contribution is -2.47. The zero-order valence-electron chi connectivity index (χ0n) is 22.6. The topological polar surface area (TPSA) is 101 Å². The van der Waals surface area contributed by atoms with E-state index in [0.29, 0.717) is 5.56 Å². The number of para-hydroxylation sites is 1. The molecule has 1 unspecified atom stereocenters. The molecule has 2 heterocycles. The van der Waals surface area contributed by atoms with E-state index in [2.05, 4.69) is 14.8 Å². The Bertz CT molecular complexity index is 1700. The van der Waals surface area contributed by atoms with Crippen LogP contribution in [0.3, 0.4) is 0 Å². The second kappa shape index (κ2) is 9.66. The minimum atomic E-state index is -4.00. The van der Waals surface area contributed by atoms with Crippen LogP contribution in [-0.2, 0) is 27.3 Å². The van der Waals surface area contributed by atoms with Gasteiger partial charge in [0.25, 0.3) is 21.8 Å². The molecule has 0 aliphatic carbocycles. The van der Waals surface area contributed by atoms with Gasteiger partial charge in [-0.1, -0.05) is 69.3 Å². The number of hydrogen-bond acceptors (Lipinski definition) is 4. The molecule has 9 heteroatoms. The van der Waals surface area contributed by atoms with E-state index >= 15 is 0 Å². The molecule has 0 bridgehead atoms. The average molecular weight is 545 g/mol. The van der Waals surface area contributed by atoms with Crippen LogP contribution in [0.25, 0.3) is 10.9 Å². The van der Waals surface area contributed by atoms with Gasteiger partial charge in [0, 0.05) is 34.8 Å². The fourth-order valence-corrected chi connectivity index (χ4v) is 6.11. The van der Waals surface area contributed by atoms with Gasteiger partial charge in [-0.15, -0.1) is 4.83 Å². The summed E-state index contributed by atoms with van der Waals surface area (Å²) in [5, 5.41) is 0.997. The highest BCUT2D eigenvalue weighted by Crippen LogP contribution is 2.43. The summed E-state index contributed by atoms with van der Waals surface area (Å²) in [6.45, 7) is 7.80. The van der Waals surface area contributed by atoms with Gasteiger partial charge >= 0.3 is 0 Å². The zero-order chi connectivity index (χ0) is 28.1. The smallest absolute Gasteiger partial charge is 0.257 e. The maximum Gasteiger partial charge on any atom is 0.257 e. The Kier molecular flexibility index (Phi) is 6.60. The number of hydrogen-bond donors (Lipinski definition) is 2. The zero-order valence-corrected chi connectivity index (χ0v) is 23.5. The fourth-order valence-electron chi connectivity index (χ4n) is 5.25. The predicted octanol–water partition coefficient (Wildman–Crippen LogP) is 4.34. The van der Waals surface area contributed by atoms with Gasteiger partial charge in [0.1, 0.15) is 6.54 Å². The van der Waals surface area contributed by atoms with Crippen LogP contribution in [0.1, 0.15) is 59.6 Å². The van der Waals surface area contributed by atoms with Crippen molar-refractivity contribution in [1.82, 2.24) is 19.7 Å². The van der Waals surface area contributed by atoms with Crippen molar-refractivity contribution in [2.75, 3.05) is 6.54 Å². The summed E-state index contributed by atoms with van der Waals surface area (Å²) >= 11 is 0. The number of amides is 2. The normalized spacial score (nSPS) is 15.6. The molecule has 0 saturated heterocycles. The lowest BCUT2D eigenvalue weighted by molar-refractivity contribution is -0.122. The Morgan fingerprint density at radius 1 is 0.949 bits per heavy atom.